The molecular weight excluding hydrogens is 415 g/mol. The van der Waals surface area contributed by atoms with Crippen molar-refractivity contribution in [2.45, 2.75) is 38.4 Å². The average Bonchev–Trinajstić information content (AvgIpc) is 3.18. The van der Waals surface area contributed by atoms with Gasteiger partial charge >= 0.3 is 0 Å². The standard InChI is InChI=1S/C23H25FN4O2S/c1-16(2)12-13-27-21(29)19-6-3-4-7-20(19)28-22(27)25-26-23(28)31-15-5-14-30-18-10-8-17(24)9-11-18/h3-4,6-11,16H,5,12-15H2,1-2H3. The number of ether oxygens (including phenoxy) is 1. The first-order valence-corrected chi connectivity index (χ1v) is 11.4. The average molecular weight is 441 g/mol. The van der Waals surface area contributed by atoms with Crippen molar-refractivity contribution in [3.8, 4) is 5.75 Å². The summed E-state index contributed by atoms with van der Waals surface area (Å²) in [5, 5.41) is 10.1. The number of halogens is 1. The highest BCUT2D eigenvalue weighted by atomic mass is 32.2. The van der Waals surface area contributed by atoms with Crippen LogP contribution < -0.4 is 10.3 Å². The van der Waals surface area contributed by atoms with E-state index in [0.717, 1.165) is 29.3 Å². The van der Waals surface area contributed by atoms with Crippen LogP contribution in [-0.2, 0) is 6.54 Å². The highest BCUT2D eigenvalue weighted by molar-refractivity contribution is 7.99. The molecule has 0 aliphatic heterocycles. The van der Waals surface area contributed by atoms with E-state index in [-0.39, 0.29) is 11.4 Å². The van der Waals surface area contributed by atoms with Gasteiger partial charge in [0, 0.05) is 12.3 Å². The second-order valence-electron chi connectivity index (χ2n) is 7.78. The summed E-state index contributed by atoms with van der Waals surface area (Å²) in [4.78, 5) is 13.1. The molecule has 8 heteroatoms. The largest absolute Gasteiger partial charge is 0.494 e. The van der Waals surface area contributed by atoms with Crippen molar-refractivity contribution in [2.75, 3.05) is 12.4 Å². The molecule has 2 heterocycles. The van der Waals surface area contributed by atoms with Gasteiger partial charge in [-0.1, -0.05) is 37.7 Å². The number of para-hydroxylation sites is 1. The molecule has 0 bridgehead atoms. The summed E-state index contributed by atoms with van der Waals surface area (Å²) in [6, 6.07) is 13.6. The summed E-state index contributed by atoms with van der Waals surface area (Å²) in [5.41, 5.74) is 0.791. The molecule has 0 radical (unpaired) electrons. The predicted octanol–water partition coefficient (Wildman–Crippen LogP) is 4.79. The summed E-state index contributed by atoms with van der Waals surface area (Å²) in [6.07, 6.45) is 1.69. The first-order valence-electron chi connectivity index (χ1n) is 10.4. The number of hydrogen-bond donors (Lipinski definition) is 0. The summed E-state index contributed by atoms with van der Waals surface area (Å²) in [5.74, 6) is 2.22. The molecule has 2 aromatic carbocycles. The molecule has 31 heavy (non-hydrogen) atoms. The van der Waals surface area contributed by atoms with Crippen molar-refractivity contribution >= 4 is 28.4 Å². The summed E-state index contributed by atoms with van der Waals surface area (Å²) < 4.78 is 22.3. The van der Waals surface area contributed by atoms with Gasteiger partial charge < -0.3 is 4.74 Å². The normalized spacial score (nSPS) is 11.6. The lowest BCUT2D eigenvalue weighted by molar-refractivity contribution is 0.318. The lowest BCUT2D eigenvalue weighted by Gasteiger charge is -2.12. The van der Waals surface area contributed by atoms with E-state index in [9.17, 15) is 9.18 Å². The maximum Gasteiger partial charge on any atom is 0.262 e. The maximum atomic E-state index is 13.1. The number of rotatable bonds is 9. The molecule has 2 aromatic heterocycles. The van der Waals surface area contributed by atoms with Gasteiger partial charge in [-0.25, -0.2) is 4.39 Å². The van der Waals surface area contributed by atoms with Crippen LogP contribution in [0.4, 0.5) is 4.39 Å². The number of thioether (sulfide) groups is 1. The fourth-order valence-corrected chi connectivity index (χ4v) is 4.21. The Morgan fingerprint density at radius 2 is 1.87 bits per heavy atom. The van der Waals surface area contributed by atoms with Gasteiger partial charge in [0.05, 0.1) is 17.5 Å². The van der Waals surface area contributed by atoms with E-state index in [1.807, 2.05) is 28.7 Å². The third-order valence-corrected chi connectivity index (χ3v) is 6.03. The summed E-state index contributed by atoms with van der Waals surface area (Å²) >= 11 is 1.58. The van der Waals surface area contributed by atoms with E-state index < -0.39 is 0 Å². The molecule has 162 valence electrons. The SMILES string of the molecule is CC(C)CCn1c(=O)c2ccccc2n2c(SCCCOc3ccc(F)cc3)nnc12. The Bertz CT molecular complexity index is 1230. The van der Waals surface area contributed by atoms with Crippen LogP contribution in [0, 0.1) is 11.7 Å². The van der Waals surface area contributed by atoms with Crippen LogP contribution >= 0.6 is 11.8 Å². The van der Waals surface area contributed by atoms with Crippen LogP contribution in [0.25, 0.3) is 16.7 Å². The molecule has 0 aliphatic carbocycles. The zero-order valence-corrected chi connectivity index (χ0v) is 18.4. The Kier molecular flexibility index (Phi) is 6.56. The third kappa shape index (κ3) is 4.74. The number of fused-ring (bicyclic) bond motifs is 3. The Labute approximate surface area is 184 Å². The minimum atomic E-state index is -0.277. The lowest BCUT2D eigenvalue weighted by Crippen LogP contribution is -2.24. The number of aromatic nitrogens is 4. The van der Waals surface area contributed by atoms with Crippen molar-refractivity contribution < 1.29 is 9.13 Å². The molecule has 0 amide bonds. The van der Waals surface area contributed by atoms with Crippen LogP contribution in [0.5, 0.6) is 5.75 Å². The van der Waals surface area contributed by atoms with Crippen molar-refractivity contribution in [3.05, 3.63) is 64.7 Å². The summed E-state index contributed by atoms with van der Waals surface area (Å²) in [7, 11) is 0. The van der Waals surface area contributed by atoms with Gasteiger partial charge in [-0.15, -0.1) is 10.2 Å². The van der Waals surface area contributed by atoms with Crippen LogP contribution in [-0.4, -0.2) is 31.5 Å². The molecule has 6 nitrogen and oxygen atoms in total. The highest BCUT2D eigenvalue weighted by Crippen LogP contribution is 2.22. The second kappa shape index (κ2) is 9.51. The van der Waals surface area contributed by atoms with E-state index in [4.69, 9.17) is 4.74 Å². The Hall–Kier alpha value is -2.87. The predicted molar refractivity (Wildman–Crippen MR) is 121 cm³/mol. The quantitative estimate of drug-likeness (QED) is 0.277. The number of nitrogens with zero attached hydrogens (tertiary/aromatic N) is 4. The van der Waals surface area contributed by atoms with Gasteiger partial charge in [-0.2, -0.15) is 0 Å². The van der Waals surface area contributed by atoms with Crippen molar-refractivity contribution in [1.82, 2.24) is 19.2 Å². The van der Waals surface area contributed by atoms with Crippen LogP contribution in [0.15, 0.2) is 58.5 Å². The molecule has 0 fully saturated rings. The third-order valence-electron chi connectivity index (χ3n) is 5.01. The van der Waals surface area contributed by atoms with Crippen molar-refractivity contribution in [3.63, 3.8) is 0 Å². The minimum Gasteiger partial charge on any atom is -0.494 e. The van der Waals surface area contributed by atoms with Gasteiger partial charge in [0.1, 0.15) is 11.6 Å². The first-order chi connectivity index (χ1) is 15.0. The van der Waals surface area contributed by atoms with E-state index in [0.29, 0.717) is 36.0 Å². The van der Waals surface area contributed by atoms with Crippen LogP contribution in [0.3, 0.4) is 0 Å². The molecular formula is C23H25FN4O2S. The second-order valence-corrected chi connectivity index (χ2v) is 8.84. The smallest absolute Gasteiger partial charge is 0.262 e. The minimum absolute atomic E-state index is 0.0274. The fourth-order valence-electron chi connectivity index (χ4n) is 3.36. The van der Waals surface area contributed by atoms with Gasteiger partial charge in [-0.05, 0) is 55.2 Å². The number of aryl methyl sites for hydroxylation is 1. The Morgan fingerprint density at radius 1 is 1.10 bits per heavy atom. The van der Waals surface area contributed by atoms with Crippen LogP contribution in [0.2, 0.25) is 0 Å². The van der Waals surface area contributed by atoms with Crippen LogP contribution in [0.1, 0.15) is 26.7 Å². The molecule has 0 saturated carbocycles. The van der Waals surface area contributed by atoms with E-state index in [1.54, 1.807) is 28.5 Å². The van der Waals surface area contributed by atoms with Gasteiger partial charge in [0.2, 0.25) is 5.78 Å². The molecule has 0 aliphatic rings. The molecule has 0 atom stereocenters. The molecule has 4 aromatic rings. The van der Waals surface area contributed by atoms with Gasteiger partial charge in [0.15, 0.2) is 5.16 Å². The zero-order valence-electron chi connectivity index (χ0n) is 17.6. The molecule has 0 N–H and O–H groups in total. The summed E-state index contributed by atoms with van der Waals surface area (Å²) in [6.45, 7) is 5.42. The number of hydrogen-bond acceptors (Lipinski definition) is 5. The van der Waals surface area contributed by atoms with E-state index in [1.165, 1.54) is 12.1 Å². The van der Waals surface area contributed by atoms with E-state index in [2.05, 4.69) is 24.0 Å². The highest BCUT2D eigenvalue weighted by Gasteiger charge is 2.16. The van der Waals surface area contributed by atoms with Gasteiger partial charge in [0.25, 0.3) is 5.56 Å². The Balaban J connectivity index is 1.53. The van der Waals surface area contributed by atoms with Crippen molar-refractivity contribution in [1.29, 1.82) is 0 Å². The zero-order chi connectivity index (χ0) is 21.8. The molecule has 4 rings (SSSR count). The molecule has 0 spiro atoms. The fraction of sp³-hybridized carbons (Fsp3) is 0.348. The first kappa shape index (κ1) is 21.4. The van der Waals surface area contributed by atoms with Crippen molar-refractivity contribution in [2.24, 2.45) is 5.92 Å². The van der Waals surface area contributed by atoms with E-state index >= 15 is 0 Å². The monoisotopic (exact) mass is 440 g/mol. The van der Waals surface area contributed by atoms with Gasteiger partial charge in [-0.3, -0.25) is 13.8 Å². The number of benzene rings is 2. The lowest BCUT2D eigenvalue weighted by atomic mass is 10.1. The molecule has 0 unspecified atom stereocenters. The molecule has 0 saturated heterocycles. The maximum absolute atomic E-state index is 13.1. The Morgan fingerprint density at radius 3 is 2.65 bits per heavy atom. The topological polar surface area (TPSA) is 61.4 Å².